The zero-order valence-electron chi connectivity index (χ0n) is 13.2. The van der Waals surface area contributed by atoms with Crippen molar-refractivity contribution in [2.24, 2.45) is 11.8 Å². The number of carboxylic acids is 1. The van der Waals surface area contributed by atoms with Crippen molar-refractivity contribution in [2.45, 2.75) is 19.3 Å². The highest BCUT2D eigenvalue weighted by Crippen LogP contribution is 2.33. The fourth-order valence-corrected chi connectivity index (χ4v) is 3.06. The maximum atomic E-state index is 12.5. The number of carbonyl (C=O) groups is 2. The minimum absolute atomic E-state index is 0.110. The van der Waals surface area contributed by atoms with Gasteiger partial charge in [0, 0.05) is 11.6 Å². The first-order chi connectivity index (χ1) is 11.6. The molecule has 2 aromatic carbocycles. The summed E-state index contributed by atoms with van der Waals surface area (Å²) in [6.45, 7) is 0. The van der Waals surface area contributed by atoms with Crippen LogP contribution in [0.3, 0.4) is 0 Å². The number of carbonyl (C=O) groups excluding carboxylic acids is 1. The van der Waals surface area contributed by atoms with E-state index < -0.39 is 11.9 Å². The van der Waals surface area contributed by atoms with Gasteiger partial charge in [-0.1, -0.05) is 30.3 Å². The fourth-order valence-electron chi connectivity index (χ4n) is 3.06. The van der Waals surface area contributed by atoms with E-state index in [1.165, 1.54) is 0 Å². The highest BCUT2D eigenvalue weighted by Gasteiger charge is 2.33. The average molecular weight is 324 g/mol. The number of hydrogen-bond donors (Lipinski definition) is 3. The van der Waals surface area contributed by atoms with E-state index >= 15 is 0 Å². The fraction of sp³-hybridized carbons (Fsp3) is 0.263. The van der Waals surface area contributed by atoms with E-state index in [-0.39, 0.29) is 11.8 Å². The molecule has 1 aliphatic rings. The number of hydrogen-bond acceptors (Lipinski definition) is 3. The van der Waals surface area contributed by atoms with Crippen molar-refractivity contribution >= 4 is 28.9 Å². The van der Waals surface area contributed by atoms with Gasteiger partial charge >= 0.3 is 5.97 Å². The molecule has 0 aromatic heterocycles. The SMILES string of the molecule is O=C(O)[C@@H]1CC[C@H](C(=O)Nc2ccccc2Nc2ccccc2)C1. The number of carboxylic acid groups (broad SMARTS) is 1. The third kappa shape index (κ3) is 3.74. The summed E-state index contributed by atoms with van der Waals surface area (Å²) in [5.41, 5.74) is 2.45. The number of amides is 1. The van der Waals surface area contributed by atoms with Crippen molar-refractivity contribution in [2.75, 3.05) is 10.6 Å². The Morgan fingerprint density at radius 3 is 2.17 bits per heavy atom. The van der Waals surface area contributed by atoms with Gasteiger partial charge in [-0.3, -0.25) is 9.59 Å². The van der Waals surface area contributed by atoms with Crippen LogP contribution >= 0.6 is 0 Å². The molecule has 3 N–H and O–H groups in total. The lowest BCUT2D eigenvalue weighted by Gasteiger charge is -2.15. The molecule has 2 aromatic rings. The Balaban J connectivity index is 1.69. The highest BCUT2D eigenvalue weighted by atomic mass is 16.4. The predicted octanol–water partition coefficient (Wildman–Crippen LogP) is 3.87. The molecule has 124 valence electrons. The van der Waals surface area contributed by atoms with Crippen molar-refractivity contribution in [1.82, 2.24) is 0 Å². The van der Waals surface area contributed by atoms with Crippen LogP contribution in [0.5, 0.6) is 0 Å². The minimum Gasteiger partial charge on any atom is -0.481 e. The van der Waals surface area contributed by atoms with Crippen LogP contribution < -0.4 is 10.6 Å². The maximum absolute atomic E-state index is 12.5. The number of rotatable bonds is 5. The van der Waals surface area contributed by atoms with Crippen LogP contribution in [0, 0.1) is 11.8 Å². The molecule has 0 bridgehead atoms. The first-order valence-corrected chi connectivity index (χ1v) is 8.08. The third-order valence-electron chi connectivity index (χ3n) is 4.39. The molecule has 0 heterocycles. The smallest absolute Gasteiger partial charge is 0.306 e. The molecule has 0 unspecified atom stereocenters. The lowest BCUT2D eigenvalue weighted by atomic mass is 10.0. The zero-order valence-corrected chi connectivity index (χ0v) is 13.2. The molecule has 0 aliphatic heterocycles. The molecule has 5 heteroatoms. The highest BCUT2D eigenvalue weighted by molar-refractivity contribution is 5.96. The van der Waals surface area contributed by atoms with Crippen molar-refractivity contribution in [3.63, 3.8) is 0 Å². The molecule has 0 saturated heterocycles. The van der Waals surface area contributed by atoms with E-state index in [9.17, 15) is 9.59 Å². The van der Waals surface area contributed by atoms with Crippen LogP contribution in [0.25, 0.3) is 0 Å². The number of nitrogens with one attached hydrogen (secondary N) is 2. The van der Waals surface area contributed by atoms with Gasteiger partial charge in [0.2, 0.25) is 5.91 Å². The third-order valence-corrected chi connectivity index (χ3v) is 4.39. The number of aliphatic carboxylic acids is 1. The molecule has 24 heavy (non-hydrogen) atoms. The zero-order chi connectivity index (χ0) is 16.9. The van der Waals surface area contributed by atoms with E-state index in [0.717, 1.165) is 11.4 Å². The monoisotopic (exact) mass is 324 g/mol. The van der Waals surface area contributed by atoms with Crippen molar-refractivity contribution < 1.29 is 14.7 Å². The second-order valence-corrected chi connectivity index (χ2v) is 6.07. The molecule has 1 fully saturated rings. The standard InChI is InChI=1S/C19H20N2O3/c22-18(13-10-11-14(12-13)19(23)24)21-17-9-5-4-8-16(17)20-15-6-2-1-3-7-15/h1-9,13-14,20H,10-12H2,(H,21,22)(H,23,24)/t13-,14+/m0/s1. The Labute approximate surface area is 140 Å². The molecular weight excluding hydrogens is 304 g/mol. The Morgan fingerprint density at radius 1 is 0.875 bits per heavy atom. The van der Waals surface area contributed by atoms with Gasteiger partial charge < -0.3 is 15.7 Å². The van der Waals surface area contributed by atoms with Gasteiger partial charge in [0.1, 0.15) is 0 Å². The first kappa shape index (κ1) is 16.1. The van der Waals surface area contributed by atoms with E-state index in [0.29, 0.717) is 24.9 Å². The Bertz CT molecular complexity index is 730. The molecule has 1 aliphatic carbocycles. The molecule has 0 spiro atoms. The second-order valence-electron chi connectivity index (χ2n) is 6.07. The quantitative estimate of drug-likeness (QED) is 0.780. The Kier molecular flexibility index (Phi) is 4.79. The van der Waals surface area contributed by atoms with E-state index in [1.54, 1.807) is 0 Å². The van der Waals surface area contributed by atoms with Crippen molar-refractivity contribution in [3.05, 3.63) is 54.6 Å². The maximum Gasteiger partial charge on any atom is 0.306 e. The van der Waals surface area contributed by atoms with Crippen molar-refractivity contribution in [1.29, 1.82) is 0 Å². The van der Waals surface area contributed by atoms with E-state index in [4.69, 9.17) is 5.11 Å². The van der Waals surface area contributed by atoms with Gasteiger partial charge in [0.05, 0.1) is 17.3 Å². The number of anilines is 3. The molecule has 2 atom stereocenters. The van der Waals surface area contributed by atoms with E-state index in [1.807, 2.05) is 54.6 Å². The van der Waals surface area contributed by atoms with Gasteiger partial charge in [-0.25, -0.2) is 0 Å². The molecule has 3 rings (SSSR count). The molecule has 1 saturated carbocycles. The van der Waals surface area contributed by atoms with Gasteiger partial charge in [0.15, 0.2) is 0 Å². The normalized spacial score (nSPS) is 19.7. The van der Waals surface area contributed by atoms with Crippen LogP contribution in [-0.4, -0.2) is 17.0 Å². The molecule has 5 nitrogen and oxygen atoms in total. The van der Waals surface area contributed by atoms with Crippen molar-refractivity contribution in [3.8, 4) is 0 Å². The lowest BCUT2D eigenvalue weighted by Crippen LogP contribution is -2.22. The van der Waals surface area contributed by atoms with Gasteiger partial charge in [0.25, 0.3) is 0 Å². The van der Waals surface area contributed by atoms with E-state index in [2.05, 4.69) is 10.6 Å². The largest absolute Gasteiger partial charge is 0.481 e. The molecule has 1 amide bonds. The van der Waals surface area contributed by atoms with Gasteiger partial charge in [-0.2, -0.15) is 0 Å². The lowest BCUT2D eigenvalue weighted by molar-refractivity contribution is -0.141. The van der Waals surface area contributed by atoms with Crippen LogP contribution in [0.15, 0.2) is 54.6 Å². The first-order valence-electron chi connectivity index (χ1n) is 8.08. The topological polar surface area (TPSA) is 78.4 Å². The molecule has 0 radical (unpaired) electrons. The second kappa shape index (κ2) is 7.17. The summed E-state index contributed by atoms with van der Waals surface area (Å²) in [7, 11) is 0. The van der Waals surface area contributed by atoms with Gasteiger partial charge in [-0.05, 0) is 43.5 Å². The summed E-state index contributed by atoms with van der Waals surface area (Å²) < 4.78 is 0. The number of para-hydroxylation sites is 3. The Hall–Kier alpha value is -2.82. The summed E-state index contributed by atoms with van der Waals surface area (Å²) in [4.78, 5) is 23.5. The predicted molar refractivity (Wildman–Crippen MR) is 93.3 cm³/mol. The Morgan fingerprint density at radius 2 is 1.50 bits per heavy atom. The summed E-state index contributed by atoms with van der Waals surface area (Å²) in [6.07, 6.45) is 1.60. The average Bonchev–Trinajstić information content (AvgIpc) is 3.08. The van der Waals surface area contributed by atoms with Crippen LogP contribution in [0.4, 0.5) is 17.1 Å². The van der Waals surface area contributed by atoms with Crippen LogP contribution in [-0.2, 0) is 9.59 Å². The molecular formula is C19H20N2O3. The summed E-state index contributed by atoms with van der Waals surface area (Å²) in [6, 6.07) is 17.2. The van der Waals surface area contributed by atoms with Crippen LogP contribution in [0.2, 0.25) is 0 Å². The van der Waals surface area contributed by atoms with Crippen LogP contribution in [0.1, 0.15) is 19.3 Å². The minimum atomic E-state index is -0.809. The summed E-state index contributed by atoms with van der Waals surface area (Å²) >= 11 is 0. The number of benzene rings is 2. The summed E-state index contributed by atoms with van der Waals surface area (Å²) in [5.74, 6) is -1.56. The van der Waals surface area contributed by atoms with Gasteiger partial charge in [-0.15, -0.1) is 0 Å². The summed E-state index contributed by atoms with van der Waals surface area (Å²) in [5, 5.41) is 15.3.